The lowest BCUT2D eigenvalue weighted by Crippen LogP contribution is -2.41. The summed E-state index contributed by atoms with van der Waals surface area (Å²) in [6.45, 7) is 7.85. The van der Waals surface area contributed by atoms with Crippen LogP contribution in [0.1, 0.15) is 38.8 Å². The van der Waals surface area contributed by atoms with Crippen LogP contribution in [-0.2, 0) is 26.7 Å². The molecular weight excluding hydrogens is 412 g/mol. The van der Waals surface area contributed by atoms with E-state index >= 15 is 0 Å². The molecule has 1 fully saturated rings. The van der Waals surface area contributed by atoms with Gasteiger partial charge in [0.15, 0.2) is 0 Å². The zero-order valence-electron chi connectivity index (χ0n) is 18.0. The van der Waals surface area contributed by atoms with Crippen LogP contribution in [0.15, 0.2) is 36.5 Å². The second kappa shape index (κ2) is 8.16. The number of amides is 1. The van der Waals surface area contributed by atoms with Crippen LogP contribution in [0.25, 0.3) is 0 Å². The fourth-order valence-electron chi connectivity index (χ4n) is 3.05. The Bertz CT molecular complexity index is 946. The number of anilines is 1. The summed E-state index contributed by atoms with van der Waals surface area (Å²) in [4.78, 5) is 15.9. The molecule has 3 rings (SSSR count). The van der Waals surface area contributed by atoms with E-state index in [1.54, 1.807) is 24.3 Å². The van der Waals surface area contributed by atoms with Crippen LogP contribution >= 0.6 is 0 Å². The molecule has 0 aliphatic carbocycles. The summed E-state index contributed by atoms with van der Waals surface area (Å²) < 4.78 is 56.0. The molecule has 166 valence electrons. The molecule has 0 atom stereocenters. The SMILES string of the molecule is COc1ncc(NC(=O)Cc2ccc(B3OC(C)(C)C(C)(C)O3)cc2)cc1C(F)(F)F. The van der Waals surface area contributed by atoms with Gasteiger partial charge in [-0.05, 0) is 44.8 Å². The number of carbonyl (C=O) groups is 1. The highest BCUT2D eigenvalue weighted by molar-refractivity contribution is 6.62. The van der Waals surface area contributed by atoms with Crippen molar-refractivity contribution >= 4 is 24.2 Å². The van der Waals surface area contributed by atoms with Crippen LogP contribution in [-0.4, -0.2) is 36.3 Å². The number of rotatable bonds is 5. The summed E-state index contributed by atoms with van der Waals surface area (Å²) in [6.07, 6.45) is -3.55. The molecule has 2 aromatic rings. The van der Waals surface area contributed by atoms with Gasteiger partial charge in [0.25, 0.3) is 0 Å². The molecule has 10 heteroatoms. The smallest absolute Gasteiger partial charge is 0.481 e. The second-order valence-electron chi connectivity index (χ2n) is 8.33. The van der Waals surface area contributed by atoms with Gasteiger partial charge >= 0.3 is 13.3 Å². The molecule has 1 aliphatic heterocycles. The van der Waals surface area contributed by atoms with Crippen molar-refractivity contribution in [2.75, 3.05) is 12.4 Å². The van der Waals surface area contributed by atoms with Gasteiger partial charge in [-0.1, -0.05) is 24.3 Å². The van der Waals surface area contributed by atoms with E-state index in [4.69, 9.17) is 9.31 Å². The van der Waals surface area contributed by atoms with Gasteiger partial charge in [-0.2, -0.15) is 13.2 Å². The fraction of sp³-hybridized carbons (Fsp3) is 0.429. The minimum absolute atomic E-state index is 0.0168. The van der Waals surface area contributed by atoms with Crippen LogP contribution in [0.5, 0.6) is 5.88 Å². The molecular formula is C21H24BF3N2O4. The van der Waals surface area contributed by atoms with E-state index in [1.807, 2.05) is 27.7 Å². The van der Waals surface area contributed by atoms with Crippen molar-refractivity contribution in [1.29, 1.82) is 0 Å². The Kier molecular flexibility index (Phi) is 6.08. The molecule has 0 spiro atoms. The minimum Gasteiger partial charge on any atom is -0.481 e. The molecule has 1 amide bonds. The Morgan fingerprint density at radius 3 is 2.23 bits per heavy atom. The van der Waals surface area contributed by atoms with Crippen molar-refractivity contribution in [2.45, 2.75) is 51.5 Å². The molecule has 6 nitrogen and oxygen atoms in total. The molecule has 1 aliphatic rings. The van der Waals surface area contributed by atoms with E-state index in [2.05, 4.69) is 15.0 Å². The summed E-state index contributed by atoms with van der Waals surface area (Å²) in [5.74, 6) is -1.02. The number of methoxy groups -OCH3 is 1. The number of pyridine rings is 1. The highest BCUT2D eigenvalue weighted by Gasteiger charge is 2.51. The first kappa shape index (κ1) is 23.1. The predicted molar refractivity (Wildman–Crippen MR) is 110 cm³/mol. The molecule has 0 unspecified atom stereocenters. The van der Waals surface area contributed by atoms with Gasteiger partial charge in [0.05, 0.1) is 36.6 Å². The number of alkyl halides is 3. The molecule has 1 saturated heterocycles. The first-order valence-corrected chi connectivity index (χ1v) is 9.68. The van der Waals surface area contributed by atoms with Crippen molar-refractivity contribution < 1.29 is 32.0 Å². The third-order valence-electron chi connectivity index (χ3n) is 5.50. The van der Waals surface area contributed by atoms with Crippen LogP contribution in [0.2, 0.25) is 0 Å². The summed E-state index contributed by atoms with van der Waals surface area (Å²) >= 11 is 0. The summed E-state index contributed by atoms with van der Waals surface area (Å²) in [5, 5.41) is 2.44. The maximum atomic E-state index is 13.1. The topological polar surface area (TPSA) is 69.7 Å². The Morgan fingerprint density at radius 1 is 1.13 bits per heavy atom. The maximum absolute atomic E-state index is 13.1. The number of nitrogens with zero attached hydrogens (tertiary/aromatic N) is 1. The molecule has 1 aromatic heterocycles. The number of benzene rings is 1. The van der Waals surface area contributed by atoms with E-state index in [0.717, 1.165) is 24.8 Å². The monoisotopic (exact) mass is 436 g/mol. The van der Waals surface area contributed by atoms with Gasteiger partial charge in [0, 0.05) is 0 Å². The zero-order valence-corrected chi connectivity index (χ0v) is 18.0. The zero-order chi connectivity index (χ0) is 23.0. The Balaban J connectivity index is 1.66. The third-order valence-corrected chi connectivity index (χ3v) is 5.50. The molecule has 1 aromatic carbocycles. The largest absolute Gasteiger partial charge is 0.494 e. The van der Waals surface area contributed by atoms with Crippen molar-refractivity contribution in [3.05, 3.63) is 47.7 Å². The minimum atomic E-state index is -4.65. The molecule has 1 N–H and O–H groups in total. The van der Waals surface area contributed by atoms with E-state index in [1.165, 1.54) is 0 Å². The number of hydrogen-bond donors (Lipinski definition) is 1. The van der Waals surface area contributed by atoms with Crippen LogP contribution in [0, 0.1) is 0 Å². The lowest BCUT2D eigenvalue weighted by molar-refractivity contribution is -0.139. The predicted octanol–water partition coefficient (Wildman–Crippen LogP) is 3.59. The van der Waals surface area contributed by atoms with E-state index < -0.39 is 41.8 Å². The van der Waals surface area contributed by atoms with Crippen LogP contribution in [0.3, 0.4) is 0 Å². The van der Waals surface area contributed by atoms with Gasteiger partial charge in [0.1, 0.15) is 5.56 Å². The third kappa shape index (κ3) is 5.02. The van der Waals surface area contributed by atoms with Crippen molar-refractivity contribution in [3.8, 4) is 5.88 Å². The first-order valence-electron chi connectivity index (χ1n) is 9.68. The van der Waals surface area contributed by atoms with Crippen molar-refractivity contribution in [3.63, 3.8) is 0 Å². The Morgan fingerprint density at radius 2 is 1.71 bits per heavy atom. The summed E-state index contributed by atoms with van der Waals surface area (Å²) in [7, 11) is 0.586. The average molecular weight is 436 g/mol. The number of ether oxygens (including phenoxy) is 1. The van der Waals surface area contributed by atoms with Gasteiger partial charge < -0.3 is 19.4 Å². The number of hydrogen-bond acceptors (Lipinski definition) is 5. The van der Waals surface area contributed by atoms with Crippen molar-refractivity contribution in [2.24, 2.45) is 0 Å². The first-order chi connectivity index (χ1) is 14.3. The molecule has 31 heavy (non-hydrogen) atoms. The summed E-state index contributed by atoms with van der Waals surface area (Å²) in [5.41, 5.74) is -0.533. The number of aromatic nitrogens is 1. The average Bonchev–Trinajstić information content (AvgIpc) is 2.89. The fourth-order valence-corrected chi connectivity index (χ4v) is 3.05. The molecule has 0 bridgehead atoms. The number of carbonyl (C=O) groups excluding carboxylic acids is 1. The summed E-state index contributed by atoms with van der Waals surface area (Å²) in [6, 6.07) is 7.93. The highest BCUT2D eigenvalue weighted by Crippen LogP contribution is 2.37. The molecule has 2 heterocycles. The Hall–Kier alpha value is -2.59. The highest BCUT2D eigenvalue weighted by atomic mass is 19.4. The lowest BCUT2D eigenvalue weighted by Gasteiger charge is -2.32. The van der Waals surface area contributed by atoms with Crippen LogP contribution in [0.4, 0.5) is 18.9 Å². The number of halogens is 3. The lowest BCUT2D eigenvalue weighted by atomic mass is 9.79. The van der Waals surface area contributed by atoms with Gasteiger partial charge in [0.2, 0.25) is 11.8 Å². The number of nitrogens with one attached hydrogen (secondary N) is 1. The van der Waals surface area contributed by atoms with Gasteiger partial charge in [-0.3, -0.25) is 4.79 Å². The standard InChI is InChI=1S/C21H24BF3N2O4/c1-19(2)20(3,4)31-22(30-19)14-8-6-13(7-9-14)10-17(28)27-15-11-16(21(23,24)25)18(29-5)26-12-15/h6-9,11-12H,10H2,1-5H3,(H,27,28). The molecule has 0 saturated carbocycles. The van der Waals surface area contributed by atoms with E-state index in [-0.39, 0.29) is 12.1 Å². The Labute approximate surface area is 179 Å². The quantitative estimate of drug-likeness (QED) is 0.726. The normalized spacial score (nSPS) is 17.5. The van der Waals surface area contributed by atoms with Crippen molar-refractivity contribution in [1.82, 2.24) is 4.98 Å². The van der Waals surface area contributed by atoms with Gasteiger partial charge in [-0.15, -0.1) is 0 Å². The molecule has 0 radical (unpaired) electrons. The second-order valence-corrected chi connectivity index (χ2v) is 8.33. The van der Waals surface area contributed by atoms with Gasteiger partial charge in [-0.25, -0.2) is 4.98 Å². The maximum Gasteiger partial charge on any atom is 0.494 e. The van der Waals surface area contributed by atoms with Crippen LogP contribution < -0.4 is 15.5 Å². The van der Waals surface area contributed by atoms with E-state index in [9.17, 15) is 18.0 Å². The van der Waals surface area contributed by atoms with E-state index in [0.29, 0.717) is 5.56 Å².